The van der Waals surface area contributed by atoms with E-state index in [4.69, 9.17) is 15.8 Å². The number of carbonyl (C=O) groups is 1. The van der Waals surface area contributed by atoms with Gasteiger partial charge < -0.3 is 17.3 Å². The van der Waals surface area contributed by atoms with Gasteiger partial charge in [-0.2, -0.15) is 0 Å². The molecule has 1 aliphatic heterocycles. The summed E-state index contributed by atoms with van der Waals surface area (Å²) in [7, 11) is 0. The number of carbonyl (C=O) groups excluding carboxylic acids is 1. The molecule has 178 valence electrons. The second kappa shape index (κ2) is 22.0. The van der Waals surface area contributed by atoms with Crippen molar-refractivity contribution in [3.63, 3.8) is 0 Å². The Hall–Kier alpha value is 1.25. The average Bonchev–Trinajstić information content (AvgIpc) is 2.87. The van der Waals surface area contributed by atoms with Crippen LogP contribution in [0.25, 0.3) is 0 Å². The monoisotopic (exact) mass is 823 g/mol. The zero-order valence-electron chi connectivity index (χ0n) is 21.3. The van der Waals surface area contributed by atoms with Crippen molar-refractivity contribution in [1.82, 2.24) is 9.97 Å². The van der Waals surface area contributed by atoms with Crippen molar-refractivity contribution in [3.05, 3.63) is 107 Å². The molecule has 3 heterocycles. The number of hydrogen-bond donors (Lipinski definition) is 2. The van der Waals surface area contributed by atoms with Crippen LogP contribution in [0.15, 0.2) is 105 Å². The second-order valence-electron chi connectivity index (χ2n) is 6.75. The van der Waals surface area contributed by atoms with Gasteiger partial charge in [-0.3, -0.25) is 14.8 Å². The average molecular weight is 824 g/mol. The molecule has 2 aromatic heterocycles. The van der Waals surface area contributed by atoms with Crippen LogP contribution in [0.1, 0.15) is 18.1 Å². The van der Waals surface area contributed by atoms with Crippen LogP contribution < -0.4 is 149 Å². The third-order valence-electron chi connectivity index (χ3n) is 4.39. The molecule has 4 aromatic rings. The van der Waals surface area contributed by atoms with Gasteiger partial charge in [-0.1, -0.05) is 42.1 Å². The van der Waals surface area contributed by atoms with Crippen molar-refractivity contribution >= 4 is 52.5 Å². The van der Waals surface area contributed by atoms with Crippen LogP contribution in [-0.2, 0) is 16.1 Å². The van der Waals surface area contributed by atoms with E-state index in [1.807, 2.05) is 61.4 Å². The van der Waals surface area contributed by atoms with Crippen LogP contribution >= 0.6 is 40.3 Å². The van der Waals surface area contributed by atoms with E-state index in [1.54, 1.807) is 12.4 Å². The standard InChI is InChI=1S/C12H9NS.C6H6BrN.C6H7NS.CH2O3.2Cs.H/c1-2-4-11-9(3-1)7-10-5-6-13-8-12(10)14-11;1-5-2-3-8-4-6(5)7;7-5-3-1-2-4-6(5)8;2-1-4-3;;;/h1-6,8H,7H2;2-4H,1H3;1-4,8H,7H2;1,3H;;;/q;;;;2*+1;-1/p-1. The Morgan fingerprint density at radius 2 is 1.58 bits per heavy atom. The summed E-state index contributed by atoms with van der Waals surface area (Å²) in [5, 5.41) is 8.43. The Morgan fingerprint density at radius 3 is 2.14 bits per heavy atom. The summed E-state index contributed by atoms with van der Waals surface area (Å²) in [5.41, 5.74) is 10.2. The third-order valence-corrected chi connectivity index (χ3v) is 6.84. The van der Waals surface area contributed by atoms with E-state index >= 15 is 0 Å². The SMILES string of the molecule is Cc1ccncc1Br.Nc1ccccc1S.O=CO[O-].[Cs+].[Cs+].[H-].c1ccc2c(c1)Cc1ccncc1S2. The molecule has 2 aromatic carbocycles. The Bertz CT molecular complexity index is 1040. The Labute approximate surface area is 349 Å². The van der Waals surface area contributed by atoms with Gasteiger partial charge in [-0.05, 0) is 76.3 Å². The number of aryl methyl sites for hydroxylation is 1. The number of nitrogen functional groups attached to an aromatic ring is 1. The van der Waals surface area contributed by atoms with Crippen molar-refractivity contribution in [2.75, 3.05) is 5.73 Å². The molecule has 1 aliphatic rings. The number of rotatable bonds is 1. The van der Waals surface area contributed by atoms with E-state index in [2.05, 4.69) is 73.7 Å². The summed E-state index contributed by atoms with van der Waals surface area (Å²) >= 11 is 9.23. The van der Waals surface area contributed by atoms with E-state index in [0.717, 1.165) is 21.5 Å². The molecule has 0 bridgehead atoms. The van der Waals surface area contributed by atoms with Crippen LogP contribution in [-0.4, -0.2) is 16.4 Å². The fraction of sp³-hybridized carbons (Fsp3) is 0.0800. The Kier molecular flexibility index (Phi) is 22.8. The second-order valence-corrected chi connectivity index (χ2v) is 9.17. The molecule has 0 aliphatic carbocycles. The summed E-state index contributed by atoms with van der Waals surface area (Å²) < 4.78 is 1.07. The van der Waals surface area contributed by atoms with Crippen molar-refractivity contribution in [2.24, 2.45) is 0 Å². The summed E-state index contributed by atoms with van der Waals surface area (Å²) in [5.74, 6) is 0. The zero-order chi connectivity index (χ0) is 24.8. The maximum atomic E-state index is 8.64. The number of halogens is 1. The van der Waals surface area contributed by atoms with Crippen LogP contribution in [0.2, 0.25) is 0 Å². The first-order chi connectivity index (χ1) is 16.5. The summed E-state index contributed by atoms with van der Waals surface area (Å²) in [4.78, 5) is 22.8. The zero-order valence-corrected chi connectivity index (χ0v) is 36.2. The molecule has 0 unspecified atom stereocenters. The third kappa shape index (κ3) is 14.1. The van der Waals surface area contributed by atoms with Crippen LogP contribution in [0.3, 0.4) is 0 Å². The maximum Gasteiger partial charge on any atom is 1.00 e. The van der Waals surface area contributed by atoms with E-state index in [0.29, 0.717) is 0 Å². The number of anilines is 1. The predicted octanol–water partition coefficient (Wildman–Crippen LogP) is -0.598. The van der Waals surface area contributed by atoms with Crippen molar-refractivity contribution in [2.45, 2.75) is 28.0 Å². The number of nitrogens with two attached hydrogens (primary N) is 1. The molecule has 36 heavy (non-hydrogen) atoms. The molecule has 0 spiro atoms. The molecule has 0 fully saturated rings. The fourth-order valence-corrected chi connectivity index (χ4v) is 4.10. The number of fused-ring (bicyclic) bond motifs is 2. The van der Waals surface area contributed by atoms with E-state index in [1.165, 1.54) is 26.5 Å². The number of thiol groups is 1. The van der Waals surface area contributed by atoms with Gasteiger partial charge in [0.15, 0.2) is 0 Å². The normalized spacial score (nSPS) is 9.78. The molecule has 2 N–H and O–H groups in total. The number of hydrogen-bond acceptors (Lipinski definition) is 8. The first-order valence-corrected chi connectivity index (χ1v) is 12.0. The number of benzene rings is 2. The molecule has 11 heteroatoms. The molecule has 0 amide bonds. The molecule has 6 nitrogen and oxygen atoms in total. The Morgan fingerprint density at radius 1 is 1.00 bits per heavy atom. The summed E-state index contributed by atoms with van der Waals surface area (Å²) in [6, 6.07) is 20.1. The predicted molar refractivity (Wildman–Crippen MR) is 141 cm³/mol. The minimum atomic E-state index is -0.181. The van der Waals surface area contributed by atoms with Crippen LogP contribution in [0.4, 0.5) is 5.69 Å². The largest absolute Gasteiger partial charge is 1.00 e. The minimum absolute atomic E-state index is 0. The van der Waals surface area contributed by atoms with Gasteiger partial charge in [0.05, 0.1) is 0 Å². The molecule has 5 rings (SSSR count). The first kappa shape index (κ1) is 37.3. The Balaban J connectivity index is 0. The van der Waals surface area contributed by atoms with Gasteiger partial charge in [-0.25, -0.2) is 0 Å². The summed E-state index contributed by atoms with van der Waals surface area (Å²) in [6.45, 7) is 1.85. The van der Waals surface area contributed by atoms with Crippen LogP contribution in [0, 0.1) is 6.92 Å². The van der Waals surface area contributed by atoms with Gasteiger partial charge in [-0.15, -0.1) is 12.6 Å². The molecule has 0 saturated heterocycles. The number of pyridine rings is 2. The van der Waals surface area contributed by atoms with Gasteiger partial charge in [0, 0.05) is 49.6 Å². The number of nitrogens with zero attached hydrogens (tertiary/aromatic N) is 2. The van der Waals surface area contributed by atoms with Crippen molar-refractivity contribution < 1.29 is 154 Å². The van der Waals surface area contributed by atoms with E-state index in [-0.39, 0.29) is 146 Å². The van der Waals surface area contributed by atoms with E-state index in [9.17, 15) is 0 Å². The number of para-hydroxylation sites is 1. The van der Waals surface area contributed by atoms with Gasteiger partial charge >= 0.3 is 138 Å². The molecule has 0 saturated carbocycles. The number of aromatic nitrogens is 2. The van der Waals surface area contributed by atoms with Crippen molar-refractivity contribution in [1.29, 1.82) is 0 Å². The quantitative estimate of drug-likeness (QED) is 0.0767. The minimum Gasteiger partial charge on any atom is -1.00 e. The maximum absolute atomic E-state index is 8.64. The van der Waals surface area contributed by atoms with Gasteiger partial charge in [0.2, 0.25) is 0 Å². The smallest absolute Gasteiger partial charge is 1.00 e. The first-order valence-electron chi connectivity index (χ1n) is 9.96. The van der Waals surface area contributed by atoms with Crippen molar-refractivity contribution in [3.8, 4) is 0 Å². The molecular weight excluding hydrogens is 800 g/mol. The van der Waals surface area contributed by atoms with Gasteiger partial charge in [0.1, 0.15) is 0 Å². The van der Waals surface area contributed by atoms with E-state index < -0.39 is 0 Å². The summed E-state index contributed by atoms with van der Waals surface area (Å²) in [6.07, 6.45) is 8.43. The fourth-order valence-electron chi connectivity index (χ4n) is 2.65. The van der Waals surface area contributed by atoms with Gasteiger partial charge in [0.25, 0.3) is 6.47 Å². The molecule has 0 radical (unpaired) electrons. The topological polar surface area (TPSA) is 101 Å². The molecule has 0 atom stereocenters. The van der Waals surface area contributed by atoms with Crippen LogP contribution in [0.5, 0.6) is 0 Å². The molecular formula is C25H24BrCs2N3O3S2.